The van der Waals surface area contributed by atoms with Gasteiger partial charge in [-0.15, -0.1) is 11.3 Å². The number of carbonyl (C=O) groups excluding carboxylic acids is 2. The molecule has 0 aromatic carbocycles. The molecule has 0 saturated carbocycles. The highest BCUT2D eigenvalue weighted by Crippen LogP contribution is 2.20. The molecule has 9 heteroatoms. The number of nitrogens with one attached hydrogen (secondary N) is 2. The molecule has 0 bridgehead atoms. The number of hydrogen-bond acceptors (Lipinski definition) is 5. The Balaban J connectivity index is 1.80. The normalized spacial score (nSPS) is 18.9. The van der Waals surface area contributed by atoms with Crippen LogP contribution in [0.4, 0.5) is 0 Å². The van der Waals surface area contributed by atoms with E-state index in [1.807, 2.05) is 0 Å². The average Bonchev–Trinajstić information content (AvgIpc) is 2.97. The van der Waals surface area contributed by atoms with Gasteiger partial charge in [0, 0.05) is 17.8 Å². The maximum Gasteiger partial charge on any atom is 0.247 e. The minimum atomic E-state index is -3.66. The summed E-state index contributed by atoms with van der Waals surface area (Å²) in [6, 6.07) is 2.67. The molecule has 1 aliphatic heterocycles. The lowest BCUT2D eigenvalue weighted by Gasteiger charge is -2.10. The quantitative estimate of drug-likeness (QED) is 0.667. The molecule has 2 heterocycles. The molecule has 1 aliphatic rings. The van der Waals surface area contributed by atoms with Crippen molar-refractivity contribution < 1.29 is 18.0 Å². The fourth-order valence-electron chi connectivity index (χ4n) is 1.89. The Morgan fingerprint density at radius 1 is 1.50 bits per heavy atom. The first-order valence-electron chi connectivity index (χ1n) is 6.05. The molecule has 20 heavy (non-hydrogen) atoms. The fraction of sp³-hybridized carbons (Fsp3) is 0.455. The molecule has 1 unspecified atom stereocenters. The third-order valence-electron chi connectivity index (χ3n) is 2.90. The van der Waals surface area contributed by atoms with Crippen molar-refractivity contribution in [2.45, 2.75) is 29.5 Å². The topological polar surface area (TPSA) is 118 Å². The molecule has 0 spiro atoms. The largest absolute Gasteiger partial charge is 0.354 e. The van der Waals surface area contributed by atoms with Crippen LogP contribution < -0.4 is 15.8 Å². The van der Waals surface area contributed by atoms with Crippen molar-refractivity contribution in [2.24, 2.45) is 5.14 Å². The summed E-state index contributed by atoms with van der Waals surface area (Å²) >= 11 is 1.09. The van der Waals surface area contributed by atoms with Crippen LogP contribution in [0.1, 0.15) is 17.7 Å². The van der Waals surface area contributed by atoms with Gasteiger partial charge in [-0.05, 0) is 25.0 Å². The molecule has 2 rings (SSSR count). The zero-order valence-electron chi connectivity index (χ0n) is 10.6. The van der Waals surface area contributed by atoms with Gasteiger partial charge in [0.15, 0.2) is 0 Å². The summed E-state index contributed by atoms with van der Waals surface area (Å²) in [6.45, 7) is 0.385. The number of primary sulfonamides is 1. The minimum absolute atomic E-state index is 0.110. The summed E-state index contributed by atoms with van der Waals surface area (Å²) in [5.41, 5.74) is 0. The van der Waals surface area contributed by atoms with E-state index in [0.29, 0.717) is 25.8 Å². The highest BCUT2D eigenvalue weighted by atomic mass is 32.2. The number of sulfonamides is 1. The Morgan fingerprint density at radius 3 is 2.80 bits per heavy atom. The average molecular weight is 317 g/mol. The Labute approximate surface area is 120 Å². The molecular formula is C11H15N3O4S2. The maximum atomic E-state index is 11.7. The molecule has 1 aromatic heterocycles. The third kappa shape index (κ3) is 3.78. The third-order valence-corrected chi connectivity index (χ3v) is 5.48. The van der Waals surface area contributed by atoms with Crippen molar-refractivity contribution in [1.82, 2.24) is 10.6 Å². The van der Waals surface area contributed by atoms with Crippen molar-refractivity contribution in [1.29, 1.82) is 0 Å². The zero-order chi connectivity index (χ0) is 14.8. The van der Waals surface area contributed by atoms with Crippen LogP contribution in [0.15, 0.2) is 16.3 Å². The summed E-state index contributed by atoms with van der Waals surface area (Å²) in [7, 11) is -3.66. The minimum Gasteiger partial charge on any atom is -0.354 e. The van der Waals surface area contributed by atoms with Crippen LogP contribution in [0.5, 0.6) is 0 Å². The van der Waals surface area contributed by atoms with Gasteiger partial charge in [0.25, 0.3) is 0 Å². The zero-order valence-corrected chi connectivity index (χ0v) is 12.2. The van der Waals surface area contributed by atoms with Crippen molar-refractivity contribution in [2.75, 3.05) is 6.54 Å². The molecule has 1 saturated heterocycles. The fourth-order valence-corrected chi connectivity index (χ4v) is 3.67. The first kappa shape index (κ1) is 14.9. The second-order valence-corrected chi connectivity index (χ2v) is 7.42. The smallest absolute Gasteiger partial charge is 0.247 e. The van der Waals surface area contributed by atoms with Crippen molar-refractivity contribution in [3.8, 4) is 0 Å². The summed E-state index contributed by atoms with van der Waals surface area (Å²) in [5, 5.41) is 10.3. The van der Waals surface area contributed by atoms with E-state index in [-0.39, 0.29) is 16.0 Å². The summed E-state index contributed by atoms with van der Waals surface area (Å²) < 4.78 is 22.3. The number of hydrogen-bond donors (Lipinski definition) is 3. The molecular weight excluding hydrogens is 302 g/mol. The van der Waals surface area contributed by atoms with E-state index >= 15 is 0 Å². The van der Waals surface area contributed by atoms with Gasteiger partial charge in [0.1, 0.15) is 10.3 Å². The molecule has 0 radical (unpaired) electrons. The van der Waals surface area contributed by atoms with E-state index in [2.05, 4.69) is 10.6 Å². The van der Waals surface area contributed by atoms with Gasteiger partial charge in [-0.3, -0.25) is 9.59 Å². The molecule has 1 atom stereocenters. The van der Waals surface area contributed by atoms with Crippen molar-refractivity contribution >= 4 is 33.2 Å². The molecule has 1 fully saturated rings. The first-order valence-corrected chi connectivity index (χ1v) is 8.41. The number of carbonyl (C=O) groups is 2. The second-order valence-electron chi connectivity index (χ2n) is 4.47. The van der Waals surface area contributed by atoms with E-state index in [1.54, 1.807) is 6.07 Å². The molecule has 1 aromatic rings. The van der Waals surface area contributed by atoms with Crippen LogP contribution in [0.3, 0.4) is 0 Å². The van der Waals surface area contributed by atoms with Crippen LogP contribution >= 0.6 is 11.3 Å². The molecule has 4 N–H and O–H groups in total. The van der Waals surface area contributed by atoms with Crippen LogP contribution in [0.2, 0.25) is 0 Å². The predicted molar refractivity (Wildman–Crippen MR) is 73.6 cm³/mol. The number of thiophene rings is 1. The van der Waals surface area contributed by atoms with Crippen LogP contribution in [0, 0.1) is 0 Å². The van der Waals surface area contributed by atoms with Gasteiger partial charge in [0.05, 0.1) is 0 Å². The molecule has 110 valence electrons. The SMILES string of the molecule is NS(=O)(=O)c1ccc(CCNC(=O)C2CCC(=O)N2)s1. The van der Waals surface area contributed by atoms with Gasteiger partial charge >= 0.3 is 0 Å². The van der Waals surface area contributed by atoms with Gasteiger partial charge in [-0.1, -0.05) is 0 Å². The summed E-state index contributed by atoms with van der Waals surface area (Å²) in [6.07, 6.45) is 1.41. The first-order chi connectivity index (χ1) is 9.36. The van der Waals surface area contributed by atoms with Crippen LogP contribution in [-0.4, -0.2) is 32.8 Å². The second kappa shape index (κ2) is 5.90. The highest BCUT2D eigenvalue weighted by molar-refractivity contribution is 7.91. The van der Waals surface area contributed by atoms with Crippen LogP contribution in [-0.2, 0) is 26.0 Å². The Hall–Kier alpha value is -1.45. The Bertz CT molecular complexity index is 623. The van der Waals surface area contributed by atoms with E-state index in [1.165, 1.54) is 6.07 Å². The molecule has 7 nitrogen and oxygen atoms in total. The lowest BCUT2D eigenvalue weighted by molar-refractivity contribution is -0.125. The summed E-state index contributed by atoms with van der Waals surface area (Å²) in [5.74, 6) is -0.319. The van der Waals surface area contributed by atoms with Gasteiger partial charge < -0.3 is 10.6 Å². The monoisotopic (exact) mass is 317 g/mol. The van der Waals surface area contributed by atoms with Gasteiger partial charge in [-0.25, -0.2) is 13.6 Å². The number of amides is 2. The lowest BCUT2D eigenvalue weighted by Crippen LogP contribution is -2.42. The van der Waals surface area contributed by atoms with Gasteiger partial charge in [0.2, 0.25) is 21.8 Å². The van der Waals surface area contributed by atoms with Gasteiger partial charge in [-0.2, -0.15) is 0 Å². The summed E-state index contributed by atoms with van der Waals surface area (Å²) in [4.78, 5) is 23.5. The standard InChI is InChI=1S/C11H15N3O4S2/c12-20(17,18)10-4-1-7(19-10)5-6-13-11(16)8-2-3-9(15)14-8/h1,4,8H,2-3,5-6H2,(H,13,16)(H,14,15)(H2,12,17,18). The van der Waals surface area contributed by atoms with Crippen LogP contribution in [0.25, 0.3) is 0 Å². The van der Waals surface area contributed by atoms with E-state index in [0.717, 1.165) is 16.2 Å². The maximum absolute atomic E-state index is 11.7. The lowest BCUT2D eigenvalue weighted by atomic mass is 10.2. The highest BCUT2D eigenvalue weighted by Gasteiger charge is 2.26. The molecule has 0 aliphatic carbocycles. The van der Waals surface area contributed by atoms with E-state index in [4.69, 9.17) is 5.14 Å². The van der Waals surface area contributed by atoms with Crippen molar-refractivity contribution in [3.05, 3.63) is 17.0 Å². The molecule has 2 amide bonds. The van der Waals surface area contributed by atoms with Crippen molar-refractivity contribution in [3.63, 3.8) is 0 Å². The number of rotatable bonds is 5. The van der Waals surface area contributed by atoms with E-state index < -0.39 is 16.1 Å². The Morgan fingerprint density at radius 2 is 2.25 bits per heavy atom. The number of nitrogens with two attached hydrogens (primary N) is 1. The predicted octanol–water partition coefficient (Wildman–Crippen LogP) is -0.667. The van der Waals surface area contributed by atoms with E-state index in [9.17, 15) is 18.0 Å². The Kier molecular flexibility index (Phi) is 4.41.